The number of amides is 1. The van der Waals surface area contributed by atoms with Crippen LogP contribution in [0.1, 0.15) is 57.9 Å². The molecule has 2 unspecified atom stereocenters. The monoisotopic (exact) mass is 509 g/mol. The Morgan fingerprint density at radius 2 is 1.69 bits per heavy atom. The first-order valence-electron chi connectivity index (χ1n) is 12.3. The molecule has 0 aliphatic carbocycles. The van der Waals surface area contributed by atoms with Gasteiger partial charge in [-0.3, -0.25) is 4.90 Å². The first-order valence-corrected chi connectivity index (χ1v) is 12.3. The van der Waals surface area contributed by atoms with Gasteiger partial charge in [0.25, 0.3) is 0 Å². The van der Waals surface area contributed by atoms with Crippen LogP contribution in [0.15, 0.2) is 18.2 Å². The number of likely N-dealkylation sites (tertiary alicyclic amines) is 1. The number of ether oxygens (including phenoxy) is 1. The van der Waals surface area contributed by atoms with E-state index in [1.165, 1.54) is 30.5 Å². The Labute approximate surface area is 211 Å². The zero-order valence-corrected chi connectivity index (χ0v) is 21.4. The Morgan fingerprint density at radius 1 is 1.08 bits per heavy atom. The second-order valence-corrected chi connectivity index (χ2v) is 9.61. The Bertz CT molecular complexity index is 909. The van der Waals surface area contributed by atoms with Crippen molar-refractivity contribution in [2.45, 2.75) is 76.2 Å². The fourth-order valence-electron chi connectivity index (χ4n) is 4.95. The van der Waals surface area contributed by atoms with E-state index in [4.69, 9.17) is 25.2 Å². The van der Waals surface area contributed by atoms with Gasteiger partial charge in [0, 0.05) is 31.2 Å². The molecular weight excluding hydrogens is 470 g/mol. The predicted molar refractivity (Wildman–Crippen MR) is 133 cm³/mol. The molecule has 1 fully saturated rings. The number of hydrogen-bond donors (Lipinski definition) is 5. The fourth-order valence-corrected chi connectivity index (χ4v) is 4.95. The predicted octanol–water partition coefficient (Wildman–Crippen LogP) is 1.99. The van der Waals surface area contributed by atoms with Crippen LogP contribution in [0.4, 0.5) is 10.5 Å². The Morgan fingerprint density at radius 3 is 2.28 bits per heavy atom. The Balaban J connectivity index is 0.000000388. The van der Waals surface area contributed by atoms with Gasteiger partial charge in [0.1, 0.15) is 5.75 Å². The van der Waals surface area contributed by atoms with Crippen molar-refractivity contribution in [2.24, 2.45) is 0 Å². The minimum Gasteiger partial charge on any atom is -0.479 e. The molecule has 5 N–H and O–H groups in total. The van der Waals surface area contributed by atoms with Gasteiger partial charge in [-0.1, -0.05) is 39.5 Å². The number of carboxylic acids is 2. The van der Waals surface area contributed by atoms with Crippen molar-refractivity contribution in [1.29, 1.82) is 0 Å². The van der Waals surface area contributed by atoms with E-state index in [9.17, 15) is 14.4 Å². The van der Waals surface area contributed by atoms with Crippen molar-refractivity contribution in [3.8, 4) is 5.75 Å². The minimum absolute atomic E-state index is 0.0912. The number of nitrogens with zero attached hydrogens (tertiary/aromatic N) is 2. The van der Waals surface area contributed by atoms with Crippen LogP contribution >= 0.6 is 0 Å². The highest BCUT2D eigenvalue weighted by molar-refractivity contribution is 5.83. The molecule has 0 bridgehead atoms. The zero-order valence-electron chi connectivity index (χ0n) is 21.4. The Kier molecular flexibility index (Phi) is 10.5. The van der Waals surface area contributed by atoms with Gasteiger partial charge in [0.05, 0.1) is 6.17 Å². The third-order valence-corrected chi connectivity index (χ3v) is 6.87. The molecule has 0 radical (unpaired) electrons. The summed E-state index contributed by atoms with van der Waals surface area (Å²) in [5.74, 6) is -2.90. The number of likely N-dealkylation sites (N-methyl/N-ethyl adjacent to an activating group) is 2. The molecule has 3 rings (SSSR count). The summed E-state index contributed by atoms with van der Waals surface area (Å²) in [7, 11) is 4.34. The molecule has 1 aromatic rings. The lowest BCUT2D eigenvalue weighted by atomic mass is 9.81. The van der Waals surface area contributed by atoms with Crippen molar-refractivity contribution in [2.75, 3.05) is 32.1 Å². The number of rotatable bonds is 10. The number of aliphatic hydroxyl groups is 2. The lowest BCUT2D eigenvalue weighted by Crippen LogP contribution is -2.45. The van der Waals surface area contributed by atoms with Crippen molar-refractivity contribution in [1.82, 2.24) is 10.2 Å². The highest BCUT2D eigenvalue weighted by Gasteiger charge is 2.52. The molecule has 36 heavy (non-hydrogen) atoms. The number of aliphatic hydroxyl groups excluding tert-OH is 2. The number of benzene rings is 1. The summed E-state index contributed by atoms with van der Waals surface area (Å²) >= 11 is 0. The third kappa shape index (κ3) is 6.86. The molecule has 202 valence electrons. The van der Waals surface area contributed by atoms with Crippen molar-refractivity contribution in [3.63, 3.8) is 0 Å². The van der Waals surface area contributed by atoms with Crippen LogP contribution in [-0.2, 0) is 15.0 Å². The van der Waals surface area contributed by atoms with E-state index in [0.717, 1.165) is 25.8 Å². The average Bonchev–Trinajstić information content (AvgIpc) is 3.25. The summed E-state index contributed by atoms with van der Waals surface area (Å²) in [6.07, 6.45) is 2.53. The number of carboxylic acid groups (broad SMARTS) is 2. The normalized spacial score (nSPS) is 22.1. The highest BCUT2D eigenvalue weighted by Crippen LogP contribution is 2.51. The minimum atomic E-state index is -2.27. The molecule has 2 heterocycles. The largest absolute Gasteiger partial charge is 0.479 e. The molecule has 1 saturated heterocycles. The molecule has 11 nitrogen and oxygen atoms in total. The summed E-state index contributed by atoms with van der Waals surface area (Å²) < 4.78 is 5.54. The number of unbranched alkanes of at least 4 members (excludes halogenated alkanes) is 4. The van der Waals surface area contributed by atoms with Crippen LogP contribution in [0.3, 0.4) is 0 Å². The van der Waals surface area contributed by atoms with E-state index in [1.807, 2.05) is 6.07 Å². The van der Waals surface area contributed by atoms with Gasteiger partial charge in [-0.05, 0) is 43.7 Å². The van der Waals surface area contributed by atoms with Gasteiger partial charge in [-0.25, -0.2) is 14.4 Å². The first kappa shape index (κ1) is 29.3. The molecule has 0 aromatic heterocycles. The second-order valence-electron chi connectivity index (χ2n) is 9.61. The van der Waals surface area contributed by atoms with Crippen LogP contribution in [0, 0.1) is 0 Å². The van der Waals surface area contributed by atoms with Crippen LogP contribution in [0.25, 0.3) is 0 Å². The summed E-state index contributed by atoms with van der Waals surface area (Å²) in [5.41, 5.74) is 2.63. The van der Waals surface area contributed by atoms with Crippen LogP contribution in [-0.4, -0.2) is 88.9 Å². The van der Waals surface area contributed by atoms with Crippen LogP contribution in [0.5, 0.6) is 5.75 Å². The molecule has 2 aliphatic heterocycles. The van der Waals surface area contributed by atoms with E-state index in [0.29, 0.717) is 18.5 Å². The van der Waals surface area contributed by atoms with E-state index in [-0.39, 0.29) is 11.5 Å². The molecule has 1 amide bonds. The van der Waals surface area contributed by atoms with Gasteiger partial charge < -0.3 is 35.4 Å². The van der Waals surface area contributed by atoms with E-state index in [1.54, 1.807) is 0 Å². The maximum Gasteiger partial charge on any atom is 0.412 e. The molecule has 2 aliphatic rings. The topological polar surface area (TPSA) is 160 Å². The number of carbonyl (C=O) groups is 3. The molecule has 0 saturated carbocycles. The summed E-state index contributed by atoms with van der Waals surface area (Å²) in [5, 5.41) is 35.4. The second kappa shape index (κ2) is 12.9. The maximum atomic E-state index is 12.1. The lowest BCUT2D eigenvalue weighted by molar-refractivity contribution is -0.165. The van der Waals surface area contributed by atoms with E-state index < -0.39 is 24.1 Å². The summed E-state index contributed by atoms with van der Waals surface area (Å²) in [6.45, 7) is 6.30. The van der Waals surface area contributed by atoms with Gasteiger partial charge >= 0.3 is 18.0 Å². The summed E-state index contributed by atoms with van der Waals surface area (Å²) in [6, 6.07) is 6.05. The molecule has 11 heteroatoms. The zero-order chi connectivity index (χ0) is 27.0. The van der Waals surface area contributed by atoms with Crippen molar-refractivity contribution in [3.05, 3.63) is 23.8 Å². The van der Waals surface area contributed by atoms with Crippen molar-refractivity contribution >= 4 is 23.7 Å². The third-order valence-electron chi connectivity index (χ3n) is 6.87. The molecule has 1 aromatic carbocycles. The van der Waals surface area contributed by atoms with Gasteiger partial charge in [0.2, 0.25) is 0 Å². The molecular formula is C25H39N3O8. The first-order chi connectivity index (χ1) is 16.9. The number of carbonyl (C=O) groups excluding carboxylic acids is 1. The van der Waals surface area contributed by atoms with Crippen molar-refractivity contribution < 1.29 is 39.5 Å². The molecule has 4 atom stereocenters. The summed E-state index contributed by atoms with van der Waals surface area (Å²) in [4.78, 5) is 36.4. The number of hydrogen-bond acceptors (Lipinski definition) is 8. The van der Waals surface area contributed by atoms with Gasteiger partial charge in [-0.15, -0.1) is 0 Å². The Hall–Kier alpha value is -2.89. The van der Waals surface area contributed by atoms with Gasteiger partial charge in [0.15, 0.2) is 12.2 Å². The SMILES string of the molecule is CCCCCCCNC(=O)Oc1ccc2c(c1)[C@]1(C)CCN(C)[C@@H]1N2C.O=C(O)C(O)C(O)C(=O)O. The quantitative estimate of drug-likeness (QED) is 0.295. The van der Waals surface area contributed by atoms with E-state index >= 15 is 0 Å². The lowest BCUT2D eigenvalue weighted by Gasteiger charge is -2.32. The number of fused-ring (bicyclic) bond motifs is 3. The smallest absolute Gasteiger partial charge is 0.412 e. The van der Waals surface area contributed by atoms with Gasteiger partial charge in [-0.2, -0.15) is 0 Å². The number of aliphatic carboxylic acids is 2. The van der Waals surface area contributed by atoms with Crippen LogP contribution < -0.4 is 15.0 Å². The fraction of sp³-hybridized carbons (Fsp3) is 0.640. The maximum absolute atomic E-state index is 12.1. The average molecular weight is 510 g/mol. The standard InChI is InChI=1S/C21H33N3O2.C4H6O6/c1-5-6-7-8-9-13-22-20(25)26-16-10-11-18-17(15-16)21(2)12-14-23(3)19(21)24(18)4;5-1(3(7)8)2(6)4(9)10/h10-11,15,19H,5-9,12-14H2,1-4H3,(H,22,25);1-2,5-6H,(H,7,8)(H,9,10)/t19-,21+;/m1./s1. The molecule has 0 spiro atoms. The number of anilines is 1. The van der Waals surface area contributed by atoms with Crippen LogP contribution in [0.2, 0.25) is 0 Å². The van der Waals surface area contributed by atoms with E-state index in [2.05, 4.69) is 55.2 Å². The number of nitrogens with one attached hydrogen (secondary N) is 1. The highest BCUT2D eigenvalue weighted by atomic mass is 16.6.